The van der Waals surface area contributed by atoms with Crippen LogP contribution in [0, 0.1) is 6.92 Å². The molecule has 90 valence electrons. The van der Waals surface area contributed by atoms with E-state index in [1.165, 1.54) is 21.9 Å². The van der Waals surface area contributed by atoms with Crippen LogP contribution in [-0.2, 0) is 0 Å². The molecule has 16 heavy (non-hydrogen) atoms. The van der Waals surface area contributed by atoms with Gasteiger partial charge in [-0.2, -0.15) is 23.5 Å². The Hall–Kier alpha value is 0.360. The van der Waals surface area contributed by atoms with Gasteiger partial charge in [0.1, 0.15) is 0 Å². The van der Waals surface area contributed by atoms with E-state index in [4.69, 9.17) is 0 Å². The highest BCUT2D eigenvalue weighted by molar-refractivity contribution is 8.07. The van der Waals surface area contributed by atoms with Gasteiger partial charge in [-0.05, 0) is 31.0 Å². The van der Waals surface area contributed by atoms with Crippen molar-refractivity contribution in [3.8, 4) is 0 Å². The Bertz CT molecular complexity index is 337. The molecule has 3 atom stereocenters. The molecular weight excluding hydrogens is 254 g/mol. The van der Waals surface area contributed by atoms with E-state index in [0.29, 0.717) is 11.3 Å². The van der Waals surface area contributed by atoms with Crippen molar-refractivity contribution in [3.63, 3.8) is 0 Å². The molecule has 1 aromatic heterocycles. The number of rotatable bonds is 3. The number of aryl methyl sites for hydroxylation is 1. The van der Waals surface area contributed by atoms with Crippen molar-refractivity contribution in [2.45, 2.75) is 30.4 Å². The van der Waals surface area contributed by atoms with E-state index in [0.717, 1.165) is 5.25 Å². The molecule has 1 aliphatic heterocycles. The number of hydrogen-bond donors (Lipinski definition) is 1. The van der Waals surface area contributed by atoms with Crippen LogP contribution in [0.2, 0.25) is 0 Å². The predicted octanol–water partition coefficient (Wildman–Crippen LogP) is 3.55. The SMILES string of the molecule is CNC(c1sccc1C)C1SCCSC1C. The number of thioether (sulfide) groups is 2. The lowest BCUT2D eigenvalue weighted by atomic mass is 10.1. The molecule has 1 fully saturated rings. The van der Waals surface area contributed by atoms with Crippen molar-refractivity contribution in [3.05, 3.63) is 21.9 Å². The van der Waals surface area contributed by atoms with Crippen molar-refractivity contribution in [2.24, 2.45) is 0 Å². The topological polar surface area (TPSA) is 12.0 Å². The highest BCUT2D eigenvalue weighted by atomic mass is 32.2. The van der Waals surface area contributed by atoms with Gasteiger partial charge in [-0.3, -0.25) is 0 Å². The summed E-state index contributed by atoms with van der Waals surface area (Å²) in [5.41, 5.74) is 1.44. The van der Waals surface area contributed by atoms with Gasteiger partial charge in [0.15, 0.2) is 0 Å². The van der Waals surface area contributed by atoms with Crippen molar-refractivity contribution in [2.75, 3.05) is 18.6 Å². The van der Waals surface area contributed by atoms with Crippen LogP contribution >= 0.6 is 34.9 Å². The lowest BCUT2D eigenvalue weighted by Crippen LogP contribution is -2.36. The van der Waals surface area contributed by atoms with E-state index in [1.807, 2.05) is 11.3 Å². The zero-order valence-corrected chi connectivity index (χ0v) is 12.5. The van der Waals surface area contributed by atoms with Gasteiger partial charge in [-0.1, -0.05) is 6.92 Å². The first-order valence-electron chi connectivity index (χ1n) is 5.68. The minimum atomic E-state index is 0.521. The van der Waals surface area contributed by atoms with E-state index in [1.54, 1.807) is 0 Å². The zero-order chi connectivity index (χ0) is 11.5. The number of hydrogen-bond acceptors (Lipinski definition) is 4. The summed E-state index contributed by atoms with van der Waals surface area (Å²) >= 11 is 6.14. The third-order valence-electron chi connectivity index (χ3n) is 3.06. The van der Waals surface area contributed by atoms with Gasteiger partial charge in [0.2, 0.25) is 0 Å². The zero-order valence-electron chi connectivity index (χ0n) is 10.0. The first-order valence-corrected chi connectivity index (χ1v) is 8.66. The Labute approximate surface area is 111 Å². The van der Waals surface area contributed by atoms with Gasteiger partial charge < -0.3 is 5.32 Å². The third-order valence-corrected chi connectivity index (χ3v) is 7.36. The van der Waals surface area contributed by atoms with E-state index < -0.39 is 0 Å². The second-order valence-electron chi connectivity index (χ2n) is 4.15. The maximum atomic E-state index is 3.52. The molecule has 0 bridgehead atoms. The Balaban J connectivity index is 2.18. The molecule has 2 heterocycles. The molecule has 4 heteroatoms. The molecule has 2 rings (SSSR count). The normalized spacial score (nSPS) is 27.9. The third kappa shape index (κ3) is 2.61. The average molecular weight is 273 g/mol. The van der Waals surface area contributed by atoms with E-state index in [2.05, 4.69) is 61.2 Å². The smallest absolute Gasteiger partial charge is 0.0546 e. The molecule has 0 aromatic carbocycles. The van der Waals surface area contributed by atoms with Gasteiger partial charge in [-0.15, -0.1) is 11.3 Å². The summed E-state index contributed by atoms with van der Waals surface area (Å²) in [5, 5.41) is 7.19. The van der Waals surface area contributed by atoms with Gasteiger partial charge in [0, 0.05) is 26.9 Å². The Morgan fingerprint density at radius 1 is 1.38 bits per heavy atom. The fraction of sp³-hybridized carbons (Fsp3) is 0.667. The summed E-state index contributed by atoms with van der Waals surface area (Å²) < 4.78 is 0. The van der Waals surface area contributed by atoms with E-state index in [-0.39, 0.29) is 0 Å². The van der Waals surface area contributed by atoms with Crippen molar-refractivity contribution >= 4 is 34.9 Å². The molecule has 3 unspecified atom stereocenters. The largest absolute Gasteiger partial charge is 0.311 e. The quantitative estimate of drug-likeness (QED) is 0.904. The molecule has 1 saturated heterocycles. The van der Waals surface area contributed by atoms with Crippen LogP contribution in [0.4, 0.5) is 0 Å². The molecule has 1 nitrogen and oxygen atoms in total. The fourth-order valence-corrected chi connectivity index (χ4v) is 6.30. The van der Waals surface area contributed by atoms with Crippen molar-refractivity contribution < 1.29 is 0 Å². The molecule has 0 aliphatic carbocycles. The summed E-state index contributed by atoms with van der Waals surface area (Å²) in [6, 6.07) is 2.75. The predicted molar refractivity (Wildman–Crippen MR) is 79.0 cm³/mol. The highest BCUT2D eigenvalue weighted by Gasteiger charge is 2.31. The second kappa shape index (κ2) is 5.80. The van der Waals surface area contributed by atoms with Crippen LogP contribution in [0.3, 0.4) is 0 Å². The maximum absolute atomic E-state index is 3.52. The maximum Gasteiger partial charge on any atom is 0.0546 e. The molecular formula is C12H19NS3. The lowest BCUT2D eigenvalue weighted by Gasteiger charge is -2.34. The molecule has 0 radical (unpaired) electrons. The number of thiophene rings is 1. The minimum Gasteiger partial charge on any atom is -0.311 e. The van der Waals surface area contributed by atoms with Gasteiger partial charge in [0.05, 0.1) is 6.04 Å². The first kappa shape index (κ1) is 12.8. The Morgan fingerprint density at radius 2 is 2.12 bits per heavy atom. The molecule has 0 spiro atoms. The van der Waals surface area contributed by atoms with Crippen LogP contribution in [0.5, 0.6) is 0 Å². The molecule has 1 N–H and O–H groups in total. The summed E-state index contributed by atoms with van der Waals surface area (Å²) in [5.74, 6) is 2.60. The van der Waals surface area contributed by atoms with Crippen LogP contribution in [-0.4, -0.2) is 29.1 Å². The summed E-state index contributed by atoms with van der Waals surface area (Å²) in [6.45, 7) is 4.59. The monoisotopic (exact) mass is 273 g/mol. The van der Waals surface area contributed by atoms with Crippen LogP contribution < -0.4 is 5.32 Å². The summed E-state index contributed by atoms with van der Waals surface area (Å²) in [7, 11) is 2.09. The molecule has 0 amide bonds. The highest BCUT2D eigenvalue weighted by Crippen LogP contribution is 2.40. The van der Waals surface area contributed by atoms with Crippen LogP contribution in [0.1, 0.15) is 23.4 Å². The summed E-state index contributed by atoms with van der Waals surface area (Å²) in [4.78, 5) is 1.52. The van der Waals surface area contributed by atoms with Gasteiger partial charge in [-0.25, -0.2) is 0 Å². The minimum absolute atomic E-state index is 0.521. The number of nitrogens with one attached hydrogen (secondary N) is 1. The van der Waals surface area contributed by atoms with Crippen LogP contribution in [0.25, 0.3) is 0 Å². The first-order chi connectivity index (χ1) is 7.74. The average Bonchev–Trinajstić information content (AvgIpc) is 2.69. The van der Waals surface area contributed by atoms with E-state index in [9.17, 15) is 0 Å². The van der Waals surface area contributed by atoms with E-state index >= 15 is 0 Å². The van der Waals surface area contributed by atoms with Gasteiger partial charge in [0.25, 0.3) is 0 Å². The Morgan fingerprint density at radius 3 is 2.69 bits per heavy atom. The van der Waals surface area contributed by atoms with Crippen molar-refractivity contribution in [1.82, 2.24) is 5.32 Å². The Kier molecular flexibility index (Phi) is 4.65. The summed E-state index contributed by atoms with van der Waals surface area (Å²) in [6.07, 6.45) is 0. The molecule has 1 aliphatic rings. The fourth-order valence-electron chi connectivity index (χ4n) is 2.16. The molecule has 1 aromatic rings. The van der Waals surface area contributed by atoms with Crippen LogP contribution in [0.15, 0.2) is 11.4 Å². The second-order valence-corrected chi connectivity index (χ2v) is 7.86. The van der Waals surface area contributed by atoms with Gasteiger partial charge >= 0.3 is 0 Å². The van der Waals surface area contributed by atoms with Crippen molar-refractivity contribution in [1.29, 1.82) is 0 Å². The standard InChI is InChI=1S/C12H19NS3/c1-8-4-5-15-11(8)10(13-3)12-9(2)14-6-7-16-12/h4-5,9-10,12-13H,6-7H2,1-3H3. The molecule has 0 saturated carbocycles. The lowest BCUT2D eigenvalue weighted by molar-refractivity contribution is 0.567.